The first-order valence-corrected chi connectivity index (χ1v) is 8.69. The highest BCUT2D eigenvalue weighted by Crippen LogP contribution is 2.32. The Balaban J connectivity index is 1.98. The average molecular weight is 406 g/mol. The Labute approximate surface area is 164 Å². The van der Waals surface area contributed by atoms with E-state index in [-0.39, 0.29) is 6.54 Å². The van der Waals surface area contributed by atoms with Crippen molar-refractivity contribution in [2.45, 2.75) is 26.6 Å². The van der Waals surface area contributed by atoms with Crippen LogP contribution in [0.15, 0.2) is 60.9 Å². The number of alkyl halides is 3. The predicted molar refractivity (Wildman–Crippen MR) is 100 cm³/mol. The summed E-state index contributed by atoms with van der Waals surface area (Å²) in [4.78, 5) is 12.3. The molecule has 2 aromatic carbocycles. The second-order valence-electron chi connectivity index (χ2n) is 7.23. The van der Waals surface area contributed by atoms with Crippen molar-refractivity contribution in [3.8, 4) is 11.3 Å². The lowest BCUT2D eigenvalue weighted by Gasteiger charge is -2.23. The van der Waals surface area contributed by atoms with Gasteiger partial charge in [-0.25, -0.2) is 4.39 Å². The molecule has 1 aromatic heterocycles. The quantitative estimate of drug-likeness (QED) is 0.320. The van der Waals surface area contributed by atoms with Gasteiger partial charge in [0.25, 0.3) is 0 Å². The number of hydrogen-bond acceptors (Lipinski definition) is 3. The summed E-state index contributed by atoms with van der Waals surface area (Å²) in [5, 5.41) is 5.02. The Hall–Kier alpha value is -3.16. The van der Waals surface area contributed by atoms with E-state index in [2.05, 4.69) is 16.4 Å². The van der Waals surface area contributed by atoms with E-state index in [1.54, 1.807) is 0 Å². The number of rotatable bonds is 5. The van der Waals surface area contributed by atoms with Crippen LogP contribution in [0.5, 0.6) is 0 Å². The molecule has 0 atom stereocenters. The van der Waals surface area contributed by atoms with Crippen LogP contribution in [0, 0.1) is 11.2 Å². The van der Waals surface area contributed by atoms with Crippen molar-refractivity contribution in [3.05, 3.63) is 66.7 Å². The SMILES string of the molecule is C=C(OC(=O)C(C)(C)Cn1nc(-c2ccccc2)c2cc(F)ccc21)C(F)(F)F. The molecule has 0 aliphatic heterocycles. The Morgan fingerprint density at radius 1 is 1.14 bits per heavy atom. The lowest BCUT2D eigenvalue weighted by atomic mass is 9.93. The molecule has 0 saturated heterocycles. The number of benzene rings is 2. The maximum absolute atomic E-state index is 13.8. The molecule has 0 amide bonds. The van der Waals surface area contributed by atoms with E-state index < -0.39 is 29.1 Å². The van der Waals surface area contributed by atoms with Crippen LogP contribution in [-0.2, 0) is 16.1 Å². The third-order valence-corrected chi connectivity index (χ3v) is 4.39. The predicted octanol–water partition coefficient (Wildman–Crippen LogP) is 5.49. The lowest BCUT2D eigenvalue weighted by molar-refractivity contribution is -0.168. The summed E-state index contributed by atoms with van der Waals surface area (Å²) in [5.74, 6) is -3.12. The first-order chi connectivity index (χ1) is 13.5. The molecule has 0 aliphatic rings. The van der Waals surface area contributed by atoms with Crippen LogP contribution in [0.3, 0.4) is 0 Å². The van der Waals surface area contributed by atoms with Gasteiger partial charge in [0, 0.05) is 10.9 Å². The van der Waals surface area contributed by atoms with Gasteiger partial charge in [0.2, 0.25) is 5.76 Å². The van der Waals surface area contributed by atoms with Crippen LogP contribution >= 0.6 is 0 Å². The van der Waals surface area contributed by atoms with Crippen LogP contribution in [0.4, 0.5) is 17.6 Å². The smallest absolute Gasteiger partial charge is 0.422 e. The molecule has 0 saturated carbocycles. The van der Waals surface area contributed by atoms with E-state index in [9.17, 15) is 22.4 Å². The largest absolute Gasteiger partial charge is 0.449 e. The van der Waals surface area contributed by atoms with Crippen molar-refractivity contribution in [1.29, 1.82) is 0 Å². The van der Waals surface area contributed by atoms with E-state index in [1.165, 1.54) is 36.7 Å². The summed E-state index contributed by atoms with van der Waals surface area (Å²) in [7, 11) is 0. The van der Waals surface area contributed by atoms with Gasteiger partial charge in [-0.3, -0.25) is 9.48 Å². The summed E-state index contributed by atoms with van der Waals surface area (Å²) in [5.41, 5.74) is 0.438. The van der Waals surface area contributed by atoms with E-state index in [1.807, 2.05) is 30.3 Å². The Morgan fingerprint density at radius 2 is 1.79 bits per heavy atom. The molecule has 3 rings (SSSR count). The van der Waals surface area contributed by atoms with Crippen molar-refractivity contribution >= 4 is 16.9 Å². The van der Waals surface area contributed by atoms with Crippen molar-refractivity contribution in [3.63, 3.8) is 0 Å². The topological polar surface area (TPSA) is 44.1 Å². The number of ether oxygens (including phenoxy) is 1. The monoisotopic (exact) mass is 406 g/mol. The number of allylic oxidation sites excluding steroid dienone is 1. The Bertz CT molecular complexity index is 1070. The number of carbonyl (C=O) groups is 1. The molecular weight excluding hydrogens is 388 g/mol. The summed E-state index contributed by atoms with van der Waals surface area (Å²) < 4.78 is 57.6. The van der Waals surface area contributed by atoms with Crippen LogP contribution in [0.2, 0.25) is 0 Å². The van der Waals surface area contributed by atoms with Gasteiger partial charge in [0.15, 0.2) is 0 Å². The van der Waals surface area contributed by atoms with Gasteiger partial charge in [-0.2, -0.15) is 18.3 Å². The number of hydrogen-bond donors (Lipinski definition) is 0. The number of carbonyl (C=O) groups excluding carboxylic acids is 1. The van der Waals surface area contributed by atoms with E-state index >= 15 is 0 Å². The summed E-state index contributed by atoms with van der Waals surface area (Å²) in [6.45, 7) is 5.57. The highest BCUT2D eigenvalue weighted by atomic mass is 19.4. The van der Waals surface area contributed by atoms with Gasteiger partial charge in [-0.05, 0) is 32.0 Å². The molecule has 0 fully saturated rings. The zero-order chi connectivity index (χ0) is 21.4. The molecule has 0 spiro atoms. The highest BCUT2D eigenvalue weighted by Gasteiger charge is 2.39. The summed E-state index contributed by atoms with van der Waals surface area (Å²) in [6.07, 6.45) is -4.83. The molecule has 152 valence electrons. The zero-order valence-electron chi connectivity index (χ0n) is 15.8. The minimum Gasteiger partial charge on any atom is -0.422 e. The Morgan fingerprint density at radius 3 is 2.41 bits per heavy atom. The lowest BCUT2D eigenvalue weighted by Crippen LogP contribution is -2.33. The fourth-order valence-electron chi connectivity index (χ4n) is 2.83. The van der Waals surface area contributed by atoms with E-state index in [0.717, 1.165) is 5.56 Å². The molecular formula is C21H18F4N2O2. The number of fused-ring (bicyclic) bond motifs is 1. The maximum atomic E-state index is 13.8. The molecule has 4 nitrogen and oxygen atoms in total. The molecule has 0 bridgehead atoms. The minimum atomic E-state index is -4.83. The minimum absolute atomic E-state index is 0.0774. The van der Waals surface area contributed by atoms with Gasteiger partial charge in [0.1, 0.15) is 11.5 Å². The molecule has 3 aromatic rings. The number of aromatic nitrogens is 2. The fourth-order valence-corrected chi connectivity index (χ4v) is 2.83. The molecule has 0 aliphatic carbocycles. The third kappa shape index (κ3) is 4.31. The second kappa shape index (κ2) is 7.35. The van der Waals surface area contributed by atoms with Crippen LogP contribution in [-0.4, -0.2) is 21.9 Å². The number of esters is 1. The third-order valence-electron chi connectivity index (χ3n) is 4.39. The molecule has 0 N–H and O–H groups in total. The molecule has 0 radical (unpaired) electrons. The fraction of sp³-hybridized carbons (Fsp3) is 0.238. The van der Waals surface area contributed by atoms with E-state index in [4.69, 9.17) is 0 Å². The maximum Gasteiger partial charge on any atom is 0.449 e. The van der Waals surface area contributed by atoms with Gasteiger partial charge < -0.3 is 4.74 Å². The van der Waals surface area contributed by atoms with Crippen molar-refractivity contribution in [1.82, 2.24) is 9.78 Å². The molecule has 1 heterocycles. The normalized spacial score (nSPS) is 12.2. The van der Waals surface area contributed by atoms with Crippen molar-refractivity contribution in [2.24, 2.45) is 5.41 Å². The van der Waals surface area contributed by atoms with Gasteiger partial charge in [0.05, 0.1) is 17.5 Å². The highest BCUT2D eigenvalue weighted by molar-refractivity contribution is 5.93. The number of halogens is 4. The average Bonchev–Trinajstić information content (AvgIpc) is 2.98. The summed E-state index contributed by atoms with van der Waals surface area (Å²) >= 11 is 0. The van der Waals surface area contributed by atoms with Crippen LogP contribution in [0.25, 0.3) is 22.2 Å². The summed E-state index contributed by atoms with van der Waals surface area (Å²) in [6, 6.07) is 13.2. The zero-order valence-corrected chi connectivity index (χ0v) is 15.8. The number of nitrogens with zero attached hydrogens (tertiary/aromatic N) is 2. The molecule has 29 heavy (non-hydrogen) atoms. The van der Waals surface area contributed by atoms with Crippen LogP contribution in [0.1, 0.15) is 13.8 Å². The second-order valence-corrected chi connectivity index (χ2v) is 7.23. The van der Waals surface area contributed by atoms with Gasteiger partial charge in [-0.15, -0.1) is 0 Å². The Kier molecular flexibility index (Phi) is 5.21. The molecule has 8 heteroatoms. The van der Waals surface area contributed by atoms with Gasteiger partial charge in [-0.1, -0.05) is 36.9 Å². The first-order valence-electron chi connectivity index (χ1n) is 8.69. The standard InChI is InChI=1S/C21H18F4N2O2/c1-13(21(23,24)25)29-19(28)20(2,3)12-27-17-10-9-15(22)11-16(17)18(26-27)14-7-5-4-6-8-14/h4-11H,1,12H2,2-3H3. The molecule has 0 unspecified atom stereocenters. The van der Waals surface area contributed by atoms with Crippen LogP contribution < -0.4 is 0 Å². The van der Waals surface area contributed by atoms with Crippen molar-refractivity contribution < 1.29 is 27.1 Å². The van der Waals surface area contributed by atoms with E-state index in [0.29, 0.717) is 16.6 Å². The van der Waals surface area contributed by atoms with Crippen molar-refractivity contribution in [2.75, 3.05) is 0 Å². The first kappa shape index (κ1) is 20.6. The van der Waals surface area contributed by atoms with Gasteiger partial charge >= 0.3 is 12.1 Å².